The van der Waals surface area contributed by atoms with Crippen LogP contribution in [0, 0.1) is 26.6 Å². The summed E-state index contributed by atoms with van der Waals surface area (Å²) >= 11 is 0. The summed E-state index contributed by atoms with van der Waals surface area (Å²) in [5.41, 5.74) is 6.98. The molecule has 6 rings (SSSR count). The van der Waals surface area contributed by atoms with E-state index in [1.165, 1.54) is 28.9 Å². The molecule has 1 saturated heterocycles. The molecule has 0 radical (unpaired) electrons. The highest BCUT2D eigenvalue weighted by atomic mass is 19.1. The van der Waals surface area contributed by atoms with Crippen LogP contribution in [0.5, 0.6) is 0 Å². The standard InChI is InChI=1S/C31H32FN7O/c1-20-6-5-9-27(22(20)3)37-14-16-38(17-15-37)29(26-18-24-8-4-7-21(2)28(24)33-31(26)40)30-34-35-36-39(30)19-23-10-12-25(32)13-11-23/h4-13,18,29H,14-17,19H2,1-3H3,(H,33,40)/t29-/m0/s1. The molecule has 5 aromatic rings. The summed E-state index contributed by atoms with van der Waals surface area (Å²) in [4.78, 5) is 21.4. The van der Waals surface area contributed by atoms with Crippen molar-refractivity contribution in [3.63, 3.8) is 0 Å². The maximum absolute atomic E-state index is 13.6. The van der Waals surface area contributed by atoms with Crippen LogP contribution < -0.4 is 10.5 Å². The minimum Gasteiger partial charge on any atom is -0.369 e. The number of nitrogens with one attached hydrogen (secondary N) is 1. The number of anilines is 1. The molecule has 0 aliphatic carbocycles. The van der Waals surface area contributed by atoms with Crippen molar-refractivity contribution < 1.29 is 4.39 Å². The van der Waals surface area contributed by atoms with Crippen LogP contribution in [0.15, 0.2) is 71.5 Å². The van der Waals surface area contributed by atoms with Gasteiger partial charge in [0.1, 0.15) is 11.9 Å². The largest absolute Gasteiger partial charge is 0.369 e. The van der Waals surface area contributed by atoms with Gasteiger partial charge in [-0.05, 0) is 83.1 Å². The number of hydrogen-bond donors (Lipinski definition) is 1. The normalized spacial score (nSPS) is 15.1. The van der Waals surface area contributed by atoms with E-state index in [1.54, 1.807) is 16.8 Å². The molecule has 0 unspecified atom stereocenters. The number of rotatable bonds is 6. The fourth-order valence-electron chi connectivity index (χ4n) is 5.68. The number of aromatic amines is 1. The van der Waals surface area contributed by atoms with Gasteiger partial charge in [-0.1, -0.05) is 42.5 Å². The van der Waals surface area contributed by atoms with E-state index in [-0.39, 0.29) is 11.4 Å². The number of para-hydroxylation sites is 1. The number of hydrogen-bond acceptors (Lipinski definition) is 6. The molecule has 2 aromatic heterocycles. The smallest absolute Gasteiger partial charge is 0.253 e. The van der Waals surface area contributed by atoms with E-state index in [0.29, 0.717) is 17.9 Å². The minimum absolute atomic E-state index is 0.153. The molecular formula is C31H32FN7O. The van der Waals surface area contributed by atoms with Crippen molar-refractivity contribution in [1.82, 2.24) is 30.1 Å². The molecule has 40 heavy (non-hydrogen) atoms. The highest BCUT2D eigenvalue weighted by Crippen LogP contribution is 2.31. The highest BCUT2D eigenvalue weighted by Gasteiger charge is 2.33. The van der Waals surface area contributed by atoms with Gasteiger partial charge >= 0.3 is 0 Å². The first-order valence-corrected chi connectivity index (χ1v) is 13.6. The van der Waals surface area contributed by atoms with E-state index >= 15 is 0 Å². The van der Waals surface area contributed by atoms with Gasteiger partial charge in [0.05, 0.1) is 12.1 Å². The Labute approximate surface area is 232 Å². The number of aryl methyl sites for hydroxylation is 2. The number of nitrogens with zero attached hydrogens (tertiary/aromatic N) is 6. The number of aromatic nitrogens is 5. The average molecular weight is 538 g/mol. The lowest BCUT2D eigenvalue weighted by atomic mass is 10.0. The predicted molar refractivity (Wildman–Crippen MR) is 154 cm³/mol. The molecule has 1 atom stereocenters. The molecule has 0 bridgehead atoms. The Kier molecular flexibility index (Phi) is 6.89. The number of H-pyrrole nitrogens is 1. The molecule has 3 heterocycles. The topological polar surface area (TPSA) is 82.9 Å². The Bertz CT molecular complexity index is 1720. The number of pyridine rings is 1. The fourth-order valence-corrected chi connectivity index (χ4v) is 5.68. The van der Waals surface area contributed by atoms with Gasteiger partial charge in [0.2, 0.25) is 0 Å². The van der Waals surface area contributed by atoms with Crippen LogP contribution in [0.2, 0.25) is 0 Å². The molecule has 1 aliphatic rings. The predicted octanol–water partition coefficient (Wildman–Crippen LogP) is 4.54. The molecule has 8 nitrogen and oxygen atoms in total. The van der Waals surface area contributed by atoms with Gasteiger partial charge in [-0.3, -0.25) is 9.69 Å². The first-order chi connectivity index (χ1) is 19.4. The fraction of sp³-hybridized carbons (Fsp3) is 0.290. The third-order valence-corrected chi connectivity index (χ3v) is 8.06. The van der Waals surface area contributed by atoms with E-state index in [1.807, 2.05) is 31.2 Å². The lowest BCUT2D eigenvalue weighted by molar-refractivity contribution is 0.200. The summed E-state index contributed by atoms with van der Waals surface area (Å²) in [5.74, 6) is 0.292. The van der Waals surface area contributed by atoms with Crippen LogP contribution in [-0.4, -0.2) is 56.3 Å². The van der Waals surface area contributed by atoms with Crippen molar-refractivity contribution in [1.29, 1.82) is 0 Å². The zero-order chi connectivity index (χ0) is 27.8. The van der Waals surface area contributed by atoms with Crippen molar-refractivity contribution >= 4 is 16.6 Å². The Hall–Kier alpha value is -4.37. The highest BCUT2D eigenvalue weighted by molar-refractivity contribution is 5.82. The van der Waals surface area contributed by atoms with Gasteiger partial charge in [-0.25, -0.2) is 9.07 Å². The summed E-state index contributed by atoms with van der Waals surface area (Å²) in [6, 6.07) is 20.3. The summed E-state index contributed by atoms with van der Waals surface area (Å²) in [7, 11) is 0. The van der Waals surface area contributed by atoms with Crippen LogP contribution in [-0.2, 0) is 6.54 Å². The van der Waals surface area contributed by atoms with Crippen LogP contribution in [0.1, 0.15) is 39.7 Å². The zero-order valence-electron chi connectivity index (χ0n) is 22.9. The summed E-state index contributed by atoms with van der Waals surface area (Å²) < 4.78 is 15.3. The van der Waals surface area contributed by atoms with E-state index in [9.17, 15) is 9.18 Å². The maximum atomic E-state index is 13.6. The van der Waals surface area contributed by atoms with Gasteiger partial charge in [0.15, 0.2) is 5.82 Å². The van der Waals surface area contributed by atoms with E-state index in [4.69, 9.17) is 0 Å². The second kappa shape index (κ2) is 10.7. The number of benzene rings is 3. The van der Waals surface area contributed by atoms with E-state index < -0.39 is 6.04 Å². The summed E-state index contributed by atoms with van der Waals surface area (Å²) in [6.07, 6.45) is 0. The monoisotopic (exact) mass is 537 g/mol. The summed E-state index contributed by atoms with van der Waals surface area (Å²) in [5, 5.41) is 13.7. The van der Waals surface area contributed by atoms with Crippen molar-refractivity contribution in [2.24, 2.45) is 0 Å². The maximum Gasteiger partial charge on any atom is 0.253 e. The Morgan fingerprint density at radius 2 is 1.65 bits per heavy atom. The van der Waals surface area contributed by atoms with Gasteiger partial charge in [0.25, 0.3) is 5.56 Å². The second-order valence-electron chi connectivity index (χ2n) is 10.6. The van der Waals surface area contributed by atoms with E-state index in [2.05, 4.69) is 62.4 Å². The van der Waals surface area contributed by atoms with Crippen molar-refractivity contribution in [3.8, 4) is 0 Å². The number of piperazine rings is 1. The lowest BCUT2D eigenvalue weighted by Gasteiger charge is -2.40. The van der Waals surface area contributed by atoms with Crippen LogP contribution in [0.4, 0.5) is 10.1 Å². The van der Waals surface area contributed by atoms with Gasteiger partial charge in [-0.2, -0.15) is 0 Å². The van der Waals surface area contributed by atoms with Crippen molar-refractivity contribution in [2.75, 3.05) is 31.1 Å². The molecule has 0 spiro atoms. The lowest BCUT2D eigenvalue weighted by Crippen LogP contribution is -2.49. The Balaban J connectivity index is 1.39. The van der Waals surface area contributed by atoms with Crippen molar-refractivity contribution in [2.45, 2.75) is 33.4 Å². The Morgan fingerprint density at radius 3 is 2.42 bits per heavy atom. The number of tetrazole rings is 1. The number of halogens is 1. The molecule has 1 fully saturated rings. The van der Waals surface area contributed by atoms with Crippen molar-refractivity contribution in [3.05, 3.63) is 117 Å². The SMILES string of the molecule is Cc1cccc(N2CCN([C@@H](c3cc4cccc(C)c4[nH]c3=O)c3nnnn3Cc3ccc(F)cc3)CC2)c1C. The van der Waals surface area contributed by atoms with Crippen LogP contribution >= 0.6 is 0 Å². The third kappa shape index (κ3) is 4.88. The molecule has 204 valence electrons. The molecule has 1 aliphatic heterocycles. The van der Waals surface area contributed by atoms with Crippen LogP contribution in [0.25, 0.3) is 10.9 Å². The average Bonchev–Trinajstić information content (AvgIpc) is 3.40. The summed E-state index contributed by atoms with van der Waals surface area (Å²) in [6.45, 7) is 9.74. The van der Waals surface area contributed by atoms with E-state index in [0.717, 1.165) is 48.2 Å². The Morgan fingerprint density at radius 1 is 0.925 bits per heavy atom. The number of fused-ring (bicyclic) bond motifs is 1. The molecule has 1 N–H and O–H groups in total. The van der Waals surface area contributed by atoms with Gasteiger partial charge in [0, 0.05) is 37.4 Å². The molecular weight excluding hydrogens is 505 g/mol. The molecule has 9 heteroatoms. The second-order valence-corrected chi connectivity index (χ2v) is 10.6. The molecule has 0 saturated carbocycles. The third-order valence-electron chi connectivity index (χ3n) is 8.06. The zero-order valence-corrected chi connectivity index (χ0v) is 22.9. The molecule has 0 amide bonds. The first kappa shape index (κ1) is 25.9. The quantitative estimate of drug-likeness (QED) is 0.343. The minimum atomic E-state index is -0.454. The first-order valence-electron chi connectivity index (χ1n) is 13.6. The van der Waals surface area contributed by atoms with Gasteiger partial charge in [-0.15, -0.1) is 5.10 Å². The molecule has 3 aromatic carbocycles. The van der Waals surface area contributed by atoms with Crippen LogP contribution in [0.3, 0.4) is 0 Å². The van der Waals surface area contributed by atoms with Gasteiger partial charge < -0.3 is 9.88 Å².